The Labute approximate surface area is 111 Å². The van der Waals surface area contributed by atoms with Crippen molar-refractivity contribution in [2.45, 2.75) is 17.7 Å². The fourth-order valence-corrected chi connectivity index (χ4v) is 3.41. The third-order valence-corrected chi connectivity index (χ3v) is 5.02. The zero-order chi connectivity index (χ0) is 14.0. The standard InChI is InChI=1S/C13H13FN2O2S/c1-10-4-6-16(7-5-10)19(17,18)12-2-3-13(14)11(8-12)9-15/h2-3,8H,1,4-7H2. The Balaban J connectivity index is 2.35. The quantitative estimate of drug-likeness (QED) is 0.779. The molecule has 0 bridgehead atoms. The van der Waals surface area contributed by atoms with Crippen LogP contribution in [0.1, 0.15) is 18.4 Å². The molecule has 2 rings (SSSR count). The summed E-state index contributed by atoms with van der Waals surface area (Å²) in [5.74, 6) is -0.714. The lowest BCUT2D eigenvalue weighted by Gasteiger charge is -2.27. The number of sulfonamides is 1. The summed E-state index contributed by atoms with van der Waals surface area (Å²) in [6, 6.07) is 4.92. The van der Waals surface area contributed by atoms with Crippen molar-refractivity contribution in [2.24, 2.45) is 0 Å². The first-order valence-corrected chi connectivity index (χ1v) is 7.25. The Morgan fingerprint density at radius 1 is 1.32 bits per heavy atom. The molecule has 0 aromatic heterocycles. The molecule has 0 spiro atoms. The highest BCUT2D eigenvalue weighted by Crippen LogP contribution is 2.23. The number of hydrogen-bond donors (Lipinski definition) is 0. The summed E-state index contributed by atoms with van der Waals surface area (Å²) in [5.41, 5.74) is 0.769. The lowest BCUT2D eigenvalue weighted by molar-refractivity contribution is 0.387. The third-order valence-electron chi connectivity index (χ3n) is 3.13. The van der Waals surface area contributed by atoms with Crippen molar-refractivity contribution in [1.29, 1.82) is 5.26 Å². The van der Waals surface area contributed by atoms with Gasteiger partial charge in [0.2, 0.25) is 10.0 Å². The molecule has 4 nitrogen and oxygen atoms in total. The van der Waals surface area contributed by atoms with Gasteiger partial charge in [-0.05, 0) is 31.0 Å². The van der Waals surface area contributed by atoms with Crippen LogP contribution in [0.15, 0.2) is 35.2 Å². The molecule has 1 aromatic rings. The molecule has 0 unspecified atom stereocenters. The second-order valence-electron chi connectivity index (χ2n) is 4.41. The Bertz CT molecular complexity index is 652. The van der Waals surface area contributed by atoms with Crippen LogP contribution in [0, 0.1) is 17.1 Å². The average molecular weight is 280 g/mol. The molecule has 0 N–H and O–H groups in total. The topological polar surface area (TPSA) is 61.2 Å². The van der Waals surface area contributed by atoms with E-state index in [1.54, 1.807) is 6.07 Å². The zero-order valence-corrected chi connectivity index (χ0v) is 11.1. The van der Waals surface area contributed by atoms with Crippen molar-refractivity contribution < 1.29 is 12.8 Å². The first-order valence-electron chi connectivity index (χ1n) is 5.81. The van der Waals surface area contributed by atoms with E-state index >= 15 is 0 Å². The van der Waals surface area contributed by atoms with Crippen LogP contribution in [0.25, 0.3) is 0 Å². The number of nitrogens with zero attached hydrogens (tertiary/aromatic N) is 2. The van der Waals surface area contributed by atoms with Crippen LogP contribution < -0.4 is 0 Å². The number of benzene rings is 1. The summed E-state index contributed by atoms with van der Waals surface area (Å²) < 4.78 is 39.2. The minimum atomic E-state index is -3.66. The molecule has 1 aromatic carbocycles. The fourth-order valence-electron chi connectivity index (χ4n) is 1.94. The monoisotopic (exact) mass is 280 g/mol. The molecule has 0 radical (unpaired) electrons. The highest BCUT2D eigenvalue weighted by molar-refractivity contribution is 7.89. The van der Waals surface area contributed by atoms with Gasteiger partial charge in [-0.2, -0.15) is 9.57 Å². The maximum absolute atomic E-state index is 13.2. The summed E-state index contributed by atoms with van der Waals surface area (Å²) in [6.45, 7) is 4.58. The number of nitriles is 1. The summed E-state index contributed by atoms with van der Waals surface area (Å²) in [5, 5.41) is 8.74. The number of halogens is 1. The van der Waals surface area contributed by atoms with E-state index in [9.17, 15) is 12.8 Å². The summed E-state index contributed by atoms with van der Waals surface area (Å²) in [4.78, 5) is -0.0436. The van der Waals surface area contributed by atoms with Gasteiger partial charge in [0.05, 0.1) is 10.5 Å². The van der Waals surface area contributed by atoms with Crippen LogP contribution in [0.5, 0.6) is 0 Å². The average Bonchev–Trinajstić information content (AvgIpc) is 2.39. The summed E-state index contributed by atoms with van der Waals surface area (Å²) >= 11 is 0. The van der Waals surface area contributed by atoms with Gasteiger partial charge >= 0.3 is 0 Å². The van der Waals surface area contributed by atoms with Crippen molar-refractivity contribution in [2.75, 3.05) is 13.1 Å². The molecular weight excluding hydrogens is 267 g/mol. The van der Waals surface area contributed by atoms with E-state index in [0.29, 0.717) is 25.9 Å². The lowest BCUT2D eigenvalue weighted by atomic mass is 10.1. The van der Waals surface area contributed by atoms with Crippen molar-refractivity contribution >= 4 is 10.0 Å². The van der Waals surface area contributed by atoms with Gasteiger partial charge in [0.15, 0.2) is 0 Å². The second kappa shape index (κ2) is 5.11. The first-order chi connectivity index (χ1) is 8.95. The lowest BCUT2D eigenvalue weighted by Crippen LogP contribution is -2.36. The molecule has 1 fully saturated rings. The molecule has 1 aliphatic rings. The Hall–Kier alpha value is -1.71. The van der Waals surface area contributed by atoms with Gasteiger partial charge in [0, 0.05) is 13.1 Å². The highest BCUT2D eigenvalue weighted by Gasteiger charge is 2.27. The largest absolute Gasteiger partial charge is 0.243 e. The van der Waals surface area contributed by atoms with Crippen molar-refractivity contribution in [1.82, 2.24) is 4.31 Å². The van der Waals surface area contributed by atoms with Crippen LogP contribution in [0.3, 0.4) is 0 Å². The fraction of sp³-hybridized carbons (Fsp3) is 0.308. The van der Waals surface area contributed by atoms with Gasteiger partial charge in [-0.3, -0.25) is 0 Å². The summed E-state index contributed by atoms with van der Waals surface area (Å²) in [6.07, 6.45) is 1.26. The zero-order valence-electron chi connectivity index (χ0n) is 10.3. The molecule has 0 saturated carbocycles. The Morgan fingerprint density at radius 2 is 1.95 bits per heavy atom. The molecule has 0 amide bonds. The van der Waals surface area contributed by atoms with Gasteiger partial charge in [-0.25, -0.2) is 12.8 Å². The van der Waals surface area contributed by atoms with E-state index in [4.69, 9.17) is 5.26 Å². The minimum Gasteiger partial charge on any atom is -0.207 e. The van der Waals surface area contributed by atoms with E-state index in [1.165, 1.54) is 10.4 Å². The van der Waals surface area contributed by atoms with Crippen LogP contribution in [-0.4, -0.2) is 25.8 Å². The maximum Gasteiger partial charge on any atom is 0.243 e. The van der Waals surface area contributed by atoms with Crippen LogP contribution >= 0.6 is 0 Å². The van der Waals surface area contributed by atoms with Crippen LogP contribution in [0.2, 0.25) is 0 Å². The number of piperidine rings is 1. The van der Waals surface area contributed by atoms with E-state index in [0.717, 1.165) is 17.7 Å². The number of rotatable bonds is 2. The maximum atomic E-state index is 13.2. The molecule has 100 valence electrons. The molecular formula is C13H13FN2O2S. The molecule has 0 aliphatic carbocycles. The smallest absolute Gasteiger partial charge is 0.207 e. The predicted octanol–water partition coefficient (Wildman–Crippen LogP) is 2.04. The minimum absolute atomic E-state index is 0.0436. The van der Waals surface area contributed by atoms with Gasteiger partial charge in [-0.1, -0.05) is 12.2 Å². The molecule has 0 atom stereocenters. The van der Waals surface area contributed by atoms with Gasteiger partial charge in [-0.15, -0.1) is 0 Å². The normalized spacial score (nSPS) is 17.2. The SMILES string of the molecule is C=C1CCN(S(=O)(=O)c2ccc(F)c(C#N)c2)CC1. The Kier molecular flexibility index (Phi) is 3.69. The van der Waals surface area contributed by atoms with Crippen molar-refractivity contribution in [3.8, 4) is 6.07 Å². The second-order valence-corrected chi connectivity index (χ2v) is 6.35. The third kappa shape index (κ3) is 2.67. The molecule has 6 heteroatoms. The van der Waals surface area contributed by atoms with Crippen molar-refractivity contribution in [3.63, 3.8) is 0 Å². The molecule has 19 heavy (non-hydrogen) atoms. The summed E-state index contributed by atoms with van der Waals surface area (Å²) in [7, 11) is -3.66. The van der Waals surface area contributed by atoms with Gasteiger partial charge in [0.1, 0.15) is 11.9 Å². The van der Waals surface area contributed by atoms with E-state index in [2.05, 4.69) is 6.58 Å². The predicted molar refractivity (Wildman–Crippen MR) is 68.2 cm³/mol. The molecule has 1 heterocycles. The molecule has 1 aliphatic heterocycles. The van der Waals surface area contributed by atoms with Crippen LogP contribution in [-0.2, 0) is 10.0 Å². The van der Waals surface area contributed by atoms with E-state index < -0.39 is 15.8 Å². The first kappa shape index (κ1) is 13.7. The molecule has 1 saturated heterocycles. The van der Waals surface area contributed by atoms with E-state index in [-0.39, 0.29) is 10.5 Å². The van der Waals surface area contributed by atoms with Gasteiger partial charge in [0.25, 0.3) is 0 Å². The van der Waals surface area contributed by atoms with Gasteiger partial charge < -0.3 is 0 Å². The van der Waals surface area contributed by atoms with Crippen molar-refractivity contribution in [3.05, 3.63) is 41.7 Å². The Morgan fingerprint density at radius 3 is 2.53 bits per heavy atom. The van der Waals surface area contributed by atoms with E-state index in [1.807, 2.05) is 0 Å². The van der Waals surface area contributed by atoms with Crippen LogP contribution in [0.4, 0.5) is 4.39 Å². The number of hydrogen-bond acceptors (Lipinski definition) is 3. The highest BCUT2D eigenvalue weighted by atomic mass is 32.2.